The number of nitrogens with one attached hydrogen (secondary N) is 2. The second-order valence-corrected chi connectivity index (χ2v) is 9.75. The fourth-order valence-corrected chi connectivity index (χ4v) is 6.19. The molecule has 0 amide bonds. The standard InChI is InChI=1S/C24H31N3O.C2HF3O/c1-27(2)22-9-4-3-8-19(22)26-21-14-16-13-20-17-7-5-6-10-24(17,11-12-25-20)18(16)15-23(21)28;3-2(4,5)1-6/h3-4,8-9,14-15,17,20,25-26,28H,5-7,10-13H2,1-2H3;1H/t17-,20+,24+;/m1./s1. The number of rotatable bonds is 3. The fraction of sp³-hybridized carbons (Fsp3) is 0.500. The van der Waals surface area contributed by atoms with E-state index in [2.05, 4.69) is 39.8 Å². The van der Waals surface area contributed by atoms with Crippen LogP contribution < -0.4 is 15.5 Å². The van der Waals surface area contributed by atoms with E-state index in [1.54, 1.807) is 0 Å². The van der Waals surface area contributed by atoms with Crippen LogP contribution in [-0.4, -0.2) is 44.3 Å². The number of piperidine rings is 1. The zero-order valence-corrected chi connectivity index (χ0v) is 19.6. The Kier molecular flexibility index (Phi) is 6.80. The first-order valence-electron chi connectivity index (χ1n) is 11.8. The SMILES string of the molecule is CN(C)c1ccccc1Nc1cc2c(cc1O)[C@]13CCCC[C@@H]1[C@H](C2)NCC3.O=CC(F)(F)F. The highest BCUT2D eigenvalue weighted by Crippen LogP contribution is 2.55. The number of hydrogen-bond donors (Lipinski definition) is 3. The summed E-state index contributed by atoms with van der Waals surface area (Å²) in [5.74, 6) is 1.11. The molecule has 2 fully saturated rings. The van der Waals surface area contributed by atoms with Crippen LogP contribution in [0.15, 0.2) is 36.4 Å². The van der Waals surface area contributed by atoms with Gasteiger partial charge in [0.15, 0.2) is 0 Å². The molecule has 34 heavy (non-hydrogen) atoms. The van der Waals surface area contributed by atoms with E-state index in [9.17, 15) is 18.3 Å². The van der Waals surface area contributed by atoms with E-state index in [1.807, 2.05) is 26.2 Å². The molecule has 1 saturated heterocycles. The van der Waals surface area contributed by atoms with Crippen molar-refractivity contribution in [2.75, 3.05) is 30.9 Å². The number of phenolic OH excluding ortho intramolecular Hbond substituents is 1. The molecule has 0 spiro atoms. The van der Waals surface area contributed by atoms with E-state index in [-0.39, 0.29) is 5.41 Å². The van der Waals surface area contributed by atoms with Crippen LogP contribution >= 0.6 is 0 Å². The van der Waals surface area contributed by atoms with Crippen LogP contribution in [-0.2, 0) is 16.6 Å². The molecule has 5 rings (SSSR count). The van der Waals surface area contributed by atoms with Gasteiger partial charge in [0, 0.05) is 25.6 Å². The largest absolute Gasteiger partial charge is 0.506 e. The van der Waals surface area contributed by atoms with Crippen molar-refractivity contribution in [3.05, 3.63) is 47.5 Å². The lowest BCUT2D eigenvalue weighted by Crippen LogP contribution is -2.59. The van der Waals surface area contributed by atoms with Crippen LogP contribution in [0.1, 0.15) is 43.2 Å². The van der Waals surface area contributed by atoms with Crippen molar-refractivity contribution in [3.8, 4) is 5.75 Å². The average Bonchev–Trinajstić information content (AvgIpc) is 2.80. The van der Waals surface area contributed by atoms with Gasteiger partial charge in [0.1, 0.15) is 5.75 Å². The molecule has 1 aliphatic heterocycles. The van der Waals surface area contributed by atoms with Crippen LogP contribution in [0.4, 0.5) is 30.2 Å². The van der Waals surface area contributed by atoms with Gasteiger partial charge in [-0.05, 0) is 73.5 Å². The Morgan fingerprint density at radius 1 is 1.15 bits per heavy atom. The number of aromatic hydroxyl groups is 1. The van der Waals surface area contributed by atoms with E-state index < -0.39 is 12.5 Å². The van der Waals surface area contributed by atoms with Gasteiger partial charge in [-0.15, -0.1) is 0 Å². The topological polar surface area (TPSA) is 64.6 Å². The van der Waals surface area contributed by atoms with Crippen molar-refractivity contribution in [2.45, 2.75) is 56.2 Å². The third kappa shape index (κ3) is 4.73. The number of alkyl halides is 3. The third-order valence-corrected chi connectivity index (χ3v) is 7.55. The Morgan fingerprint density at radius 3 is 2.59 bits per heavy atom. The van der Waals surface area contributed by atoms with Crippen LogP contribution in [0, 0.1) is 5.92 Å². The molecule has 2 aliphatic carbocycles. The molecule has 2 bridgehead atoms. The second-order valence-electron chi connectivity index (χ2n) is 9.75. The van der Waals surface area contributed by atoms with Gasteiger partial charge >= 0.3 is 6.18 Å². The molecular formula is C26H32F3N3O2. The fourth-order valence-electron chi connectivity index (χ4n) is 6.19. The van der Waals surface area contributed by atoms with E-state index in [1.165, 1.54) is 43.2 Å². The summed E-state index contributed by atoms with van der Waals surface area (Å²) >= 11 is 0. The van der Waals surface area contributed by atoms with Crippen molar-refractivity contribution in [2.24, 2.45) is 5.92 Å². The van der Waals surface area contributed by atoms with Gasteiger partial charge in [-0.25, -0.2) is 0 Å². The number of benzene rings is 2. The van der Waals surface area contributed by atoms with Gasteiger partial charge < -0.3 is 20.6 Å². The second kappa shape index (κ2) is 9.49. The predicted molar refractivity (Wildman–Crippen MR) is 128 cm³/mol. The minimum Gasteiger partial charge on any atom is -0.506 e. The molecule has 3 N–H and O–H groups in total. The highest BCUT2D eigenvalue weighted by molar-refractivity contribution is 5.78. The lowest BCUT2D eigenvalue weighted by atomic mass is 9.53. The van der Waals surface area contributed by atoms with Gasteiger partial charge in [0.05, 0.1) is 17.1 Å². The van der Waals surface area contributed by atoms with Gasteiger partial charge in [-0.1, -0.05) is 25.0 Å². The maximum Gasteiger partial charge on any atom is 0.446 e. The first-order valence-corrected chi connectivity index (χ1v) is 11.8. The van der Waals surface area contributed by atoms with Crippen LogP contribution in [0.25, 0.3) is 0 Å². The Hall–Kier alpha value is -2.74. The lowest BCUT2D eigenvalue weighted by Gasteiger charge is -2.56. The van der Waals surface area contributed by atoms with Gasteiger partial charge in [0.2, 0.25) is 6.29 Å². The summed E-state index contributed by atoms with van der Waals surface area (Å²) in [6, 6.07) is 13.1. The van der Waals surface area contributed by atoms with Crippen LogP contribution in [0.5, 0.6) is 5.75 Å². The molecule has 184 valence electrons. The van der Waals surface area contributed by atoms with Crippen molar-refractivity contribution in [1.29, 1.82) is 0 Å². The molecule has 3 atom stereocenters. The van der Waals surface area contributed by atoms with E-state index >= 15 is 0 Å². The van der Waals surface area contributed by atoms with Crippen molar-refractivity contribution in [1.82, 2.24) is 5.32 Å². The minimum atomic E-state index is -4.64. The number of carbonyl (C=O) groups is 1. The number of phenols is 1. The summed E-state index contributed by atoms with van der Waals surface area (Å²) in [5, 5.41) is 18.2. The number of para-hydroxylation sites is 2. The first kappa shape index (κ1) is 24.4. The molecule has 2 aromatic rings. The first-order chi connectivity index (χ1) is 16.1. The normalized spacial score (nSPS) is 25.2. The average molecular weight is 476 g/mol. The molecule has 8 heteroatoms. The van der Waals surface area contributed by atoms with Gasteiger partial charge in [0.25, 0.3) is 0 Å². The maximum atomic E-state index is 10.9. The highest BCUT2D eigenvalue weighted by atomic mass is 19.4. The number of halogens is 3. The van der Waals surface area contributed by atoms with E-state index in [0.29, 0.717) is 11.8 Å². The molecule has 2 aromatic carbocycles. The Labute approximate surface area is 198 Å². The van der Waals surface area contributed by atoms with Crippen molar-refractivity contribution in [3.63, 3.8) is 0 Å². The Balaban J connectivity index is 0.000000408. The summed E-state index contributed by atoms with van der Waals surface area (Å²) in [7, 11) is 4.09. The lowest BCUT2D eigenvalue weighted by molar-refractivity contribution is -0.156. The van der Waals surface area contributed by atoms with Crippen LogP contribution in [0.3, 0.4) is 0 Å². The van der Waals surface area contributed by atoms with Crippen molar-refractivity contribution < 1.29 is 23.1 Å². The number of nitrogens with zero attached hydrogens (tertiary/aromatic N) is 1. The van der Waals surface area contributed by atoms with Gasteiger partial charge in [-0.3, -0.25) is 4.79 Å². The molecule has 0 unspecified atom stereocenters. The maximum absolute atomic E-state index is 10.9. The summed E-state index contributed by atoms with van der Waals surface area (Å²) < 4.78 is 31.2. The summed E-state index contributed by atoms with van der Waals surface area (Å²) in [4.78, 5) is 10.8. The zero-order valence-electron chi connectivity index (χ0n) is 19.6. The number of fused-ring (bicyclic) bond motifs is 1. The molecule has 0 aromatic heterocycles. The quantitative estimate of drug-likeness (QED) is 0.416. The number of aldehydes is 1. The van der Waals surface area contributed by atoms with E-state index in [4.69, 9.17) is 4.79 Å². The number of anilines is 3. The Morgan fingerprint density at radius 2 is 1.88 bits per heavy atom. The van der Waals surface area contributed by atoms with Crippen LogP contribution in [0.2, 0.25) is 0 Å². The monoisotopic (exact) mass is 475 g/mol. The minimum absolute atomic E-state index is 0.277. The molecule has 3 aliphatic rings. The van der Waals surface area contributed by atoms with Crippen molar-refractivity contribution >= 4 is 23.3 Å². The third-order valence-electron chi connectivity index (χ3n) is 7.55. The smallest absolute Gasteiger partial charge is 0.446 e. The zero-order chi connectivity index (χ0) is 24.5. The number of carbonyl (C=O) groups excluding carboxylic acids is 1. The summed E-state index contributed by atoms with van der Waals surface area (Å²) in [6.07, 6.45) is 1.86. The summed E-state index contributed by atoms with van der Waals surface area (Å²) in [5.41, 5.74) is 6.07. The number of hydrogen-bond acceptors (Lipinski definition) is 5. The molecule has 5 nitrogen and oxygen atoms in total. The Bertz CT molecular complexity index is 1040. The highest BCUT2D eigenvalue weighted by Gasteiger charge is 2.51. The van der Waals surface area contributed by atoms with E-state index in [0.717, 1.165) is 35.9 Å². The predicted octanol–water partition coefficient (Wildman–Crippen LogP) is 5.30. The molecular weight excluding hydrogens is 443 g/mol. The van der Waals surface area contributed by atoms with Gasteiger partial charge in [-0.2, -0.15) is 13.2 Å². The molecule has 1 heterocycles. The molecule has 1 saturated carbocycles. The summed E-state index contributed by atoms with van der Waals surface area (Å²) in [6.45, 7) is 1.11. The molecule has 0 radical (unpaired) electrons.